The van der Waals surface area contributed by atoms with Crippen LogP contribution in [0.1, 0.15) is 18.1 Å². The number of carbonyl (C=O) groups is 1. The molecule has 0 heterocycles. The van der Waals surface area contributed by atoms with Crippen molar-refractivity contribution in [3.8, 4) is 0 Å². The molecule has 0 aliphatic carbocycles. The quantitative estimate of drug-likeness (QED) is 0.582. The maximum atomic E-state index is 13.4. The summed E-state index contributed by atoms with van der Waals surface area (Å²) in [6.07, 6.45) is -3.09. The van der Waals surface area contributed by atoms with E-state index in [4.69, 9.17) is 11.6 Å². The minimum Gasteiger partial charge on any atom is -0.295 e. The van der Waals surface area contributed by atoms with E-state index in [1.165, 1.54) is 0 Å². The van der Waals surface area contributed by atoms with Crippen LogP contribution in [0.5, 0.6) is 0 Å². The predicted molar refractivity (Wildman–Crippen MR) is 56.1 cm³/mol. The second kappa shape index (κ2) is 4.87. The van der Waals surface area contributed by atoms with Crippen LogP contribution in [0.2, 0.25) is 5.02 Å². The zero-order chi connectivity index (χ0) is 13.2. The molecule has 0 aliphatic heterocycles. The van der Waals surface area contributed by atoms with Gasteiger partial charge in [0.2, 0.25) is 0 Å². The van der Waals surface area contributed by atoms with Gasteiger partial charge in [-0.2, -0.15) is 13.2 Å². The molecular weight excluding hydrogens is 260 g/mol. The molecule has 0 saturated carbocycles. The molecule has 0 unspecified atom stereocenters. The Bertz CT molecular complexity index is 477. The number of hydrogen-bond donors (Lipinski definition) is 0. The van der Waals surface area contributed by atoms with Gasteiger partial charge in [0.05, 0.1) is 10.6 Å². The number of hydrogen-bond acceptors (Lipinski definition) is 1. The van der Waals surface area contributed by atoms with Crippen LogP contribution in [0.4, 0.5) is 17.6 Å². The molecule has 0 fully saturated rings. The summed E-state index contributed by atoms with van der Waals surface area (Å²) in [5.74, 6) is -1.68. The highest BCUT2D eigenvalue weighted by molar-refractivity contribution is 6.30. The summed E-state index contributed by atoms with van der Waals surface area (Å²) < 4.78 is 51.1. The van der Waals surface area contributed by atoms with E-state index in [0.29, 0.717) is 6.07 Å². The van der Waals surface area contributed by atoms with Crippen LogP contribution in [-0.2, 0) is 11.0 Å². The van der Waals surface area contributed by atoms with Gasteiger partial charge in [-0.25, -0.2) is 4.39 Å². The van der Waals surface area contributed by atoms with Crippen LogP contribution in [0.15, 0.2) is 18.2 Å². The van der Waals surface area contributed by atoms with Crippen LogP contribution in [0, 0.1) is 5.82 Å². The standard InChI is InChI=1S/C11H7ClF4O/c1-6(17)2-3-7-8(11(14,15)16)4-5-9(12)10(7)13/h2-5H,1H3/b3-2+. The van der Waals surface area contributed by atoms with E-state index in [9.17, 15) is 22.4 Å². The van der Waals surface area contributed by atoms with Crippen molar-refractivity contribution in [2.75, 3.05) is 0 Å². The van der Waals surface area contributed by atoms with Gasteiger partial charge in [-0.3, -0.25) is 4.79 Å². The average Bonchev–Trinajstić information content (AvgIpc) is 2.18. The van der Waals surface area contributed by atoms with Gasteiger partial charge in [-0.15, -0.1) is 0 Å². The second-order valence-electron chi connectivity index (χ2n) is 3.26. The molecule has 0 amide bonds. The molecule has 1 aromatic carbocycles. The largest absolute Gasteiger partial charge is 0.417 e. The Morgan fingerprint density at radius 3 is 2.41 bits per heavy atom. The summed E-state index contributed by atoms with van der Waals surface area (Å²) in [6, 6.07) is 1.50. The zero-order valence-corrected chi connectivity index (χ0v) is 9.36. The summed E-state index contributed by atoms with van der Waals surface area (Å²) in [5, 5.41) is -0.429. The molecule has 6 heteroatoms. The van der Waals surface area contributed by atoms with Gasteiger partial charge in [-0.1, -0.05) is 11.6 Å². The van der Waals surface area contributed by atoms with Crippen molar-refractivity contribution in [2.45, 2.75) is 13.1 Å². The number of carbonyl (C=O) groups excluding carboxylic acids is 1. The average molecular weight is 267 g/mol. The molecule has 0 aromatic heterocycles. The molecule has 92 valence electrons. The van der Waals surface area contributed by atoms with Gasteiger partial charge < -0.3 is 0 Å². The van der Waals surface area contributed by atoms with Crippen LogP contribution in [0.25, 0.3) is 6.08 Å². The lowest BCUT2D eigenvalue weighted by Gasteiger charge is -2.11. The normalized spacial score (nSPS) is 12.1. The van der Waals surface area contributed by atoms with E-state index >= 15 is 0 Å². The van der Waals surface area contributed by atoms with Gasteiger partial charge in [0.15, 0.2) is 5.78 Å². The summed E-state index contributed by atoms with van der Waals surface area (Å²) >= 11 is 5.39. The van der Waals surface area contributed by atoms with Crippen molar-refractivity contribution in [1.29, 1.82) is 0 Å². The minimum absolute atomic E-state index is 0.429. The number of halogens is 5. The Morgan fingerprint density at radius 2 is 1.94 bits per heavy atom. The van der Waals surface area contributed by atoms with Crippen molar-refractivity contribution in [1.82, 2.24) is 0 Å². The number of allylic oxidation sites excluding steroid dienone is 1. The van der Waals surface area contributed by atoms with E-state index in [0.717, 1.165) is 25.1 Å². The summed E-state index contributed by atoms with van der Waals surface area (Å²) in [7, 11) is 0. The van der Waals surface area contributed by atoms with E-state index in [-0.39, 0.29) is 0 Å². The van der Waals surface area contributed by atoms with Crippen molar-refractivity contribution in [3.63, 3.8) is 0 Å². The number of benzene rings is 1. The highest BCUT2D eigenvalue weighted by atomic mass is 35.5. The molecule has 0 spiro atoms. The molecular formula is C11H7ClF4O. The molecule has 1 aromatic rings. The van der Waals surface area contributed by atoms with Gasteiger partial charge in [0.1, 0.15) is 5.82 Å². The van der Waals surface area contributed by atoms with Gasteiger partial charge >= 0.3 is 6.18 Å². The van der Waals surface area contributed by atoms with Crippen molar-refractivity contribution < 1.29 is 22.4 Å². The van der Waals surface area contributed by atoms with E-state index in [2.05, 4.69) is 0 Å². The first-order valence-corrected chi connectivity index (χ1v) is 4.85. The predicted octanol–water partition coefficient (Wildman–Crippen LogP) is 4.10. The highest BCUT2D eigenvalue weighted by Crippen LogP contribution is 2.35. The number of rotatable bonds is 2. The first-order valence-electron chi connectivity index (χ1n) is 4.47. The lowest BCUT2D eigenvalue weighted by Crippen LogP contribution is -2.09. The summed E-state index contributed by atoms with van der Waals surface area (Å²) in [6.45, 7) is 1.15. The van der Waals surface area contributed by atoms with E-state index in [1.807, 2.05) is 0 Å². The topological polar surface area (TPSA) is 17.1 Å². The smallest absolute Gasteiger partial charge is 0.295 e. The number of ketones is 1. The summed E-state index contributed by atoms with van der Waals surface area (Å²) in [4.78, 5) is 10.7. The van der Waals surface area contributed by atoms with Crippen molar-refractivity contribution >= 4 is 23.5 Å². The lowest BCUT2D eigenvalue weighted by molar-refractivity contribution is -0.138. The van der Waals surface area contributed by atoms with E-state index in [1.54, 1.807) is 0 Å². The number of alkyl halides is 3. The monoisotopic (exact) mass is 266 g/mol. The fourth-order valence-corrected chi connectivity index (χ4v) is 1.34. The Balaban J connectivity index is 3.42. The molecule has 1 nitrogen and oxygen atoms in total. The molecule has 1 rings (SSSR count). The first kappa shape index (κ1) is 13.7. The Morgan fingerprint density at radius 1 is 1.35 bits per heavy atom. The van der Waals surface area contributed by atoms with Gasteiger partial charge in [0, 0.05) is 5.56 Å². The molecule has 0 N–H and O–H groups in total. The molecule has 0 atom stereocenters. The Labute approximate surface area is 99.7 Å². The SMILES string of the molecule is CC(=O)/C=C/c1c(C(F)(F)F)ccc(Cl)c1F. The third-order valence-electron chi connectivity index (χ3n) is 1.92. The highest BCUT2D eigenvalue weighted by Gasteiger charge is 2.34. The fourth-order valence-electron chi connectivity index (χ4n) is 1.18. The van der Waals surface area contributed by atoms with Crippen LogP contribution >= 0.6 is 11.6 Å². The van der Waals surface area contributed by atoms with Crippen LogP contribution in [0.3, 0.4) is 0 Å². The lowest BCUT2D eigenvalue weighted by atomic mass is 10.1. The first-order chi connectivity index (χ1) is 7.73. The Kier molecular flexibility index (Phi) is 3.93. The maximum Gasteiger partial charge on any atom is 0.417 e. The fraction of sp³-hybridized carbons (Fsp3) is 0.182. The zero-order valence-electron chi connectivity index (χ0n) is 8.61. The second-order valence-corrected chi connectivity index (χ2v) is 3.67. The van der Waals surface area contributed by atoms with Gasteiger partial charge in [-0.05, 0) is 31.2 Å². The van der Waals surface area contributed by atoms with Crippen LogP contribution < -0.4 is 0 Å². The van der Waals surface area contributed by atoms with Crippen molar-refractivity contribution in [2.24, 2.45) is 0 Å². The third kappa shape index (κ3) is 3.30. The minimum atomic E-state index is -4.71. The Hall–Kier alpha value is -1.36. The molecule has 0 aliphatic rings. The van der Waals surface area contributed by atoms with Crippen LogP contribution in [-0.4, -0.2) is 5.78 Å². The molecule has 0 radical (unpaired) electrons. The third-order valence-corrected chi connectivity index (χ3v) is 2.21. The van der Waals surface area contributed by atoms with Gasteiger partial charge in [0.25, 0.3) is 0 Å². The molecule has 0 bridgehead atoms. The van der Waals surface area contributed by atoms with E-state index < -0.39 is 33.9 Å². The van der Waals surface area contributed by atoms with Crippen molar-refractivity contribution in [3.05, 3.63) is 40.2 Å². The maximum absolute atomic E-state index is 13.4. The molecule has 17 heavy (non-hydrogen) atoms. The molecule has 0 saturated heterocycles. The summed E-state index contributed by atoms with van der Waals surface area (Å²) in [5.41, 5.74) is -1.91.